The molecule has 0 atom stereocenters. The van der Waals surface area contributed by atoms with Crippen LogP contribution in [-0.4, -0.2) is 39.2 Å². The Balaban J connectivity index is 1.81. The third-order valence-electron chi connectivity index (χ3n) is 4.67. The Bertz CT molecular complexity index is 1060. The molecule has 0 fully saturated rings. The summed E-state index contributed by atoms with van der Waals surface area (Å²) in [5, 5.41) is 8.65. The molecular weight excluding hydrogens is 425 g/mol. The molecule has 1 amide bonds. The highest BCUT2D eigenvalue weighted by molar-refractivity contribution is 7.98. The summed E-state index contributed by atoms with van der Waals surface area (Å²) in [6.45, 7) is 4.39. The summed E-state index contributed by atoms with van der Waals surface area (Å²) in [4.78, 5) is 14.2. The van der Waals surface area contributed by atoms with E-state index in [-0.39, 0.29) is 5.91 Å². The van der Waals surface area contributed by atoms with Crippen LogP contribution in [-0.2, 0) is 11.9 Å². The molecule has 31 heavy (non-hydrogen) atoms. The van der Waals surface area contributed by atoms with E-state index >= 15 is 0 Å². The van der Waals surface area contributed by atoms with Gasteiger partial charge < -0.3 is 4.90 Å². The van der Waals surface area contributed by atoms with Crippen molar-refractivity contribution in [2.75, 3.05) is 13.6 Å². The van der Waals surface area contributed by atoms with Gasteiger partial charge in [-0.1, -0.05) is 36.9 Å². The van der Waals surface area contributed by atoms with Crippen molar-refractivity contribution >= 4 is 17.7 Å². The Kier molecular flexibility index (Phi) is 7.04. The maximum absolute atomic E-state index is 13.1. The number of nitrogens with zero attached hydrogens (tertiary/aromatic N) is 4. The molecule has 5 nitrogen and oxygen atoms in total. The minimum atomic E-state index is -4.43. The summed E-state index contributed by atoms with van der Waals surface area (Å²) in [6, 6.07) is 12.4. The Morgan fingerprint density at radius 1 is 1.13 bits per heavy atom. The molecule has 1 aromatic heterocycles. The van der Waals surface area contributed by atoms with Crippen molar-refractivity contribution in [3.05, 3.63) is 71.0 Å². The third kappa shape index (κ3) is 5.46. The zero-order chi connectivity index (χ0) is 22.6. The summed E-state index contributed by atoms with van der Waals surface area (Å²) in [6.07, 6.45) is -3.55. The average molecular weight is 449 g/mol. The maximum atomic E-state index is 13.1. The van der Waals surface area contributed by atoms with E-state index in [1.54, 1.807) is 35.6 Å². The van der Waals surface area contributed by atoms with Gasteiger partial charge in [0.1, 0.15) is 5.82 Å². The van der Waals surface area contributed by atoms with Gasteiger partial charge in [-0.3, -0.25) is 9.36 Å². The van der Waals surface area contributed by atoms with Crippen molar-refractivity contribution in [2.24, 2.45) is 0 Å². The van der Waals surface area contributed by atoms with Crippen LogP contribution in [0.2, 0.25) is 0 Å². The first-order chi connectivity index (χ1) is 14.7. The van der Waals surface area contributed by atoms with Gasteiger partial charge in [0.05, 0.1) is 5.56 Å². The largest absolute Gasteiger partial charge is 0.416 e. The predicted molar refractivity (Wildman–Crippen MR) is 114 cm³/mol. The fourth-order valence-corrected chi connectivity index (χ4v) is 4.09. The number of amides is 1. The zero-order valence-electron chi connectivity index (χ0n) is 17.5. The minimum Gasteiger partial charge on any atom is -0.342 e. The third-order valence-corrected chi connectivity index (χ3v) is 5.67. The van der Waals surface area contributed by atoms with Gasteiger partial charge in [0, 0.05) is 30.6 Å². The number of hydrogen-bond donors (Lipinski definition) is 0. The molecule has 0 spiro atoms. The monoisotopic (exact) mass is 448 g/mol. The van der Waals surface area contributed by atoms with Crippen molar-refractivity contribution in [1.82, 2.24) is 19.7 Å². The number of carbonyl (C=O) groups is 1. The van der Waals surface area contributed by atoms with Crippen molar-refractivity contribution in [1.29, 1.82) is 0 Å². The molecule has 3 rings (SSSR count). The summed E-state index contributed by atoms with van der Waals surface area (Å²) in [5.41, 5.74) is 1.14. The lowest BCUT2D eigenvalue weighted by Crippen LogP contribution is -2.27. The Morgan fingerprint density at radius 2 is 1.87 bits per heavy atom. The van der Waals surface area contributed by atoms with Crippen molar-refractivity contribution in [2.45, 2.75) is 37.4 Å². The molecule has 0 bridgehead atoms. The van der Waals surface area contributed by atoms with Crippen LogP contribution < -0.4 is 0 Å². The summed E-state index contributed by atoms with van der Waals surface area (Å²) in [5.74, 6) is 0.944. The van der Waals surface area contributed by atoms with Crippen LogP contribution in [0.5, 0.6) is 0 Å². The highest BCUT2D eigenvalue weighted by Gasteiger charge is 2.30. The van der Waals surface area contributed by atoms with Gasteiger partial charge in [0.15, 0.2) is 5.16 Å². The molecule has 9 heteroatoms. The number of carbonyl (C=O) groups excluding carboxylic acids is 1. The number of aryl methyl sites for hydroxylation is 1. The molecule has 0 saturated carbocycles. The van der Waals surface area contributed by atoms with Crippen LogP contribution in [0.15, 0.2) is 53.7 Å². The molecule has 0 saturated heterocycles. The number of thioether (sulfide) groups is 1. The van der Waals surface area contributed by atoms with E-state index in [1.807, 2.05) is 25.1 Å². The van der Waals surface area contributed by atoms with E-state index in [0.717, 1.165) is 24.1 Å². The van der Waals surface area contributed by atoms with Crippen molar-refractivity contribution < 1.29 is 18.0 Å². The van der Waals surface area contributed by atoms with Crippen LogP contribution in [0.4, 0.5) is 13.2 Å². The number of halogens is 3. The van der Waals surface area contributed by atoms with Crippen LogP contribution in [0.3, 0.4) is 0 Å². The van der Waals surface area contributed by atoms with Gasteiger partial charge in [-0.05, 0) is 49.2 Å². The van der Waals surface area contributed by atoms with E-state index < -0.39 is 11.7 Å². The maximum Gasteiger partial charge on any atom is 0.416 e. The highest BCUT2D eigenvalue weighted by Crippen LogP contribution is 2.32. The van der Waals surface area contributed by atoms with Crippen LogP contribution in [0.25, 0.3) is 5.69 Å². The van der Waals surface area contributed by atoms with Gasteiger partial charge in [-0.2, -0.15) is 13.2 Å². The van der Waals surface area contributed by atoms with Gasteiger partial charge >= 0.3 is 6.18 Å². The highest BCUT2D eigenvalue weighted by atomic mass is 32.2. The second-order valence-corrected chi connectivity index (χ2v) is 8.07. The molecule has 0 aliphatic heterocycles. The lowest BCUT2D eigenvalue weighted by Gasteiger charge is -2.16. The summed E-state index contributed by atoms with van der Waals surface area (Å²) >= 11 is 1.35. The second-order valence-electron chi connectivity index (χ2n) is 7.13. The Morgan fingerprint density at radius 3 is 2.58 bits per heavy atom. The van der Waals surface area contributed by atoms with Gasteiger partial charge in [0.25, 0.3) is 5.91 Å². The Hall–Kier alpha value is -2.81. The molecule has 0 unspecified atom stereocenters. The summed E-state index contributed by atoms with van der Waals surface area (Å²) < 4.78 is 40.9. The van der Waals surface area contributed by atoms with Gasteiger partial charge in [0.2, 0.25) is 0 Å². The van der Waals surface area contributed by atoms with E-state index in [0.29, 0.717) is 34.5 Å². The molecule has 164 valence electrons. The molecule has 0 aliphatic carbocycles. The topological polar surface area (TPSA) is 51.0 Å². The molecule has 1 heterocycles. The molecule has 3 aromatic rings. The van der Waals surface area contributed by atoms with Gasteiger partial charge in [-0.25, -0.2) is 0 Å². The first-order valence-corrected chi connectivity index (χ1v) is 10.8. The van der Waals surface area contributed by atoms with E-state index in [9.17, 15) is 18.0 Å². The first-order valence-electron chi connectivity index (χ1n) is 9.77. The lowest BCUT2D eigenvalue weighted by atomic mass is 10.1. The van der Waals surface area contributed by atoms with Crippen LogP contribution in [0.1, 0.15) is 40.7 Å². The van der Waals surface area contributed by atoms with E-state index in [1.165, 1.54) is 17.8 Å². The zero-order valence-corrected chi connectivity index (χ0v) is 18.3. The number of alkyl halides is 3. The smallest absolute Gasteiger partial charge is 0.342 e. The van der Waals surface area contributed by atoms with Crippen LogP contribution >= 0.6 is 11.8 Å². The standard InChI is InChI=1S/C22H23F3N4OS/c1-4-11-28(3)20(30)17-8-5-7-16(12-17)14-31-21-27-26-15(2)29(21)19-10-6-9-18(13-19)22(23,24)25/h5-10,12-13H,4,11,14H2,1-3H3. The second kappa shape index (κ2) is 9.55. The summed E-state index contributed by atoms with van der Waals surface area (Å²) in [7, 11) is 1.77. The van der Waals surface area contributed by atoms with Crippen molar-refractivity contribution in [3.63, 3.8) is 0 Å². The van der Waals surface area contributed by atoms with Gasteiger partial charge in [-0.15, -0.1) is 10.2 Å². The predicted octanol–water partition coefficient (Wildman–Crippen LogP) is 5.37. The fourth-order valence-electron chi connectivity index (χ4n) is 3.15. The molecule has 0 N–H and O–H groups in total. The fraction of sp³-hybridized carbons (Fsp3) is 0.318. The number of rotatable bonds is 7. The SMILES string of the molecule is CCCN(C)C(=O)c1cccc(CSc2nnc(C)n2-c2cccc(C(F)(F)F)c2)c1. The van der Waals surface area contributed by atoms with E-state index in [2.05, 4.69) is 10.2 Å². The quantitative estimate of drug-likeness (QED) is 0.456. The first kappa shape index (κ1) is 22.9. The molecular formula is C22H23F3N4OS. The lowest BCUT2D eigenvalue weighted by molar-refractivity contribution is -0.137. The number of hydrogen-bond acceptors (Lipinski definition) is 4. The van der Waals surface area contributed by atoms with E-state index in [4.69, 9.17) is 0 Å². The number of aromatic nitrogens is 3. The normalized spacial score (nSPS) is 11.5. The molecule has 2 aromatic carbocycles. The Labute approximate surface area is 183 Å². The van der Waals surface area contributed by atoms with Crippen molar-refractivity contribution in [3.8, 4) is 5.69 Å². The van der Waals surface area contributed by atoms with Crippen LogP contribution in [0, 0.1) is 6.92 Å². The molecule has 0 radical (unpaired) electrons. The average Bonchev–Trinajstić information content (AvgIpc) is 3.12. The molecule has 0 aliphatic rings. The number of benzene rings is 2. The minimum absolute atomic E-state index is 0.0447.